The highest BCUT2D eigenvalue weighted by atomic mass is 35.5. The maximum absolute atomic E-state index is 12.5. The topological polar surface area (TPSA) is 85.3 Å². The summed E-state index contributed by atoms with van der Waals surface area (Å²) in [6, 6.07) is 9.62. The number of nitrogens with zero attached hydrogens (tertiary/aromatic N) is 1. The number of phenolic OH excluding ortho intramolecular Hbond substituents is 1. The number of esters is 1. The van der Waals surface area contributed by atoms with Gasteiger partial charge < -0.3 is 24.2 Å². The number of amides is 1. The minimum Gasteiger partial charge on any atom is -0.507 e. The van der Waals surface area contributed by atoms with Crippen molar-refractivity contribution < 1.29 is 28.9 Å². The Morgan fingerprint density at radius 2 is 1.72 bits per heavy atom. The first-order valence-corrected chi connectivity index (χ1v) is 11.0. The number of ether oxygens (including phenoxy) is 3. The monoisotopic (exact) mass is 479 g/mol. The maximum atomic E-state index is 12.5. The first-order valence-electron chi connectivity index (χ1n) is 10.3. The second-order valence-corrected chi connectivity index (χ2v) is 9.01. The molecule has 2 fully saturated rings. The van der Waals surface area contributed by atoms with Gasteiger partial charge in [0.2, 0.25) is 0 Å². The number of benzene rings is 2. The average Bonchev–Trinajstić information content (AvgIpc) is 3.29. The van der Waals surface area contributed by atoms with Crippen molar-refractivity contribution in [2.45, 2.75) is 25.6 Å². The van der Waals surface area contributed by atoms with Crippen LogP contribution in [0.15, 0.2) is 36.4 Å². The highest BCUT2D eigenvalue weighted by Gasteiger charge is 2.43. The predicted molar refractivity (Wildman–Crippen MR) is 118 cm³/mol. The summed E-state index contributed by atoms with van der Waals surface area (Å²) in [6.45, 7) is 1.35. The largest absolute Gasteiger partial charge is 0.507 e. The summed E-state index contributed by atoms with van der Waals surface area (Å²) in [5, 5.41) is 11.0. The number of rotatable bonds is 5. The Labute approximate surface area is 195 Å². The molecule has 9 heteroatoms. The third kappa shape index (κ3) is 5.05. The molecular formula is C23H23Cl2NO6. The van der Waals surface area contributed by atoms with Crippen LogP contribution in [-0.2, 0) is 16.1 Å². The van der Waals surface area contributed by atoms with E-state index in [4.69, 9.17) is 32.7 Å². The molecule has 0 spiro atoms. The van der Waals surface area contributed by atoms with Crippen LogP contribution in [0.5, 0.6) is 11.5 Å². The molecule has 0 unspecified atom stereocenters. The quantitative estimate of drug-likeness (QED) is 0.613. The zero-order valence-corrected chi connectivity index (χ0v) is 18.9. The number of methoxy groups -OCH3 is 1. The average molecular weight is 480 g/mol. The summed E-state index contributed by atoms with van der Waals surface area (Å²) in [5.74, 6) is 0.376. The summed E-state index contributed by atoms with van der Waals surface area (Å²) in [7, 11) is 1.26. The zero-order valence-electron chi connectivity index (χ0n) is 17.4. The van der Waals surface area contributed by atoms with Crippen molar-refractivity contribution >= 4 is 35.3 Å². The van der Waals surface area contributed by atoms with Gasteiger partial charge in [-0.25, -0.2) is 9.59 Å². The van der Waals surface area contributed by atoms with Crippen molar-refractivity contribution in [1.29, 1.82) is 0 Å². The van der Waals surface area contributed by atoms with Crippen molar-refractivity contribution in [2.24, 2.45) is 11.8 Å². The fourth-order valence-corrected chi connectivity index (χ4v) is 5.05. The second kappa shape index (κ2) is 9.46. The molecule has 1 aliphatic heterocycles. The van der Waals surface area contributed by atoms with Crippen LogP contribution in [0.1, 0.15) is 28.8 Å². The second-order valence-electron chi connectivity index (χ2n) is 8.14. The first kappa shape index (κ1) is 22.6. The lowest BCUT2D eigenvalue weighted by atomic mass is 10.0. The molecule has 0 aromatic heterocycles. The summed E-state index contributed by atoms with van der Waals surface area (Å²) >= 11 is 12.0. The van der Waals surface area contributed by atoms with Gasteiger partial charge in [0.25, 0.3) is 0 Å². The lowest BCUT2D eigenvalue weighted by Crippen LogP contribution is -2.31. The molecule has 7 nitrogen and oxygen atoms in total. The number of aromatic hydroxyl groups is 1. The molecule has 2 aromatic rings. The van der Waals surface area contributed by atoms with E-state index in [0.29, 0.717) is 40.7 Å². The van der Waals surface area contributed by atoms with E-state index in [-0.39, 0.29) is 30.1 Å². The number of phenols is 1. The molecule has 1 aliphatic carbocycles. The van der Waals surface area contributed by atoms with Crippen LogP contribution in [0.4, 0.5) is 4.79 Å². The van der Waals surface area contributed by atoms with E-state index >= 15 is 0 Å². The van der Waals surface area contributed by atoms with Crippen LogP contribution in [0, 0.1) is 11.8 Å². The Bertz CT molecular complexity index is 995. The molecule has 1 saturated carbocycles. The molecule has 170 valence electrons. The zero-order chi connectivity index (χ0) is 22.8. The minimum atomic E-state index is -0.602. The molecule has 3 atom stereocenters. The number of carbonyl (C=O) groups excluding carboxylic acids is 2. The Balaban J connectivity index is 1.27. The lowest BCUT2D eigenvalue weighted by molar-refractivity contribution is 0.0597. The first-order chi connectivity index (χ1) is 15.3. The third-order valence-electron chi connectivity index (χ3n) is 5.93. The molecule has 1 amide bonds. The van der Waals surface area contributed by atoms with E-state index in [1.165, 1.54) is 19.2 Å². The highest BCUT2D eigenvalue weighted by Crippen LogP contribution is 2.40. The van der Waals surface area contributed by atoms with Crippen LogP contribution >= 0.6 is 23.2 Å². The van der Waals surface area contributed by atoms with Crippen LogP contribution in [0.3, 0.4) is 0 Å². The van der Waals surface area contributed by atoms with Crippen molar-refractivity contribution in [2.75, 3.05) is 20.2 Å². The van der Waals surface area contributed by atoms with Crippen LogP contribution < -0.4 is 4.74 Å². The predicted octanol–water partition coefficient (Wildman–Crippen LogP) is 4.91. The Kier molecular flexibility index (Phi) is 6.67. The summed E-state index contributed by atoms with van der Waals surface area (Å²) in [6.07, 6.45) is 1.24. The van der Waals surface area contributed by atoms with E-state index in [1.54, 1.807) is 29.2 Å². The number of likely N-dealkylation sites (tertiary alicyclic amines) is 1. The number of halogens is 2. The normalized spacial score (nSPS) is 21.8. The van der Waals surface area contributed by atoms with Gasteiger partial charge in [-0.05, 0) is 60.6 Å². The molecule has 1 saturated heterocycles. The Morgan fingerprint density at radius 1 is 1.06 bits per heavy atom. The molecule has 2 aromatic carbocycles. The molecule has 0 radical (unpaired) electrons. The van der Waals surface area contributed by atoms with E-state index in [9.17, 15) is 14.7 Å². The van der Waals surface area contributed by atoms with Crippen molar-refractivity contribution in [3.63, 3.8) is 0 Å². The standard InChI is InChI=1S/C23H23Cl2NO6/c1-30-22(28)20-3-2-18(9-21(20)27)32-19-6-14-10-26(11-15(14)7-19)23(29)31-12-13-4-16(24)8-17(25)5-13/h2-5,8-9,14-15,19,27H,6-7,10-12H2,1H3/t14-,15+,19-. The van der Waals surface area contributed by atoms with Crippen molar-refractivity contribution in [3.05, 3.63) is 57.6 Å². The minimum absolute atomic E-state index is 0.0138. The fourth-order valence-electron chi connectivity index (χ4n) is 4.48. The summed E-state index contributed by atoms with van der Waals surface area (Å²) in [5.41, 5.74) is 0.836. The van der Waals surface area contributed by atoms with E-state index < -0.39 is 5.97 Å². The third-order valence-corrected chi connectivity index (χ3v) is 6.36. The van der Waals surface area contributed by atoms with E-state index in [1.807, 2.05) is 0 Å². The molecular weight excluding hydrogens is 457 g/mol. The molecule has 32 heavy (non-hydrogen) atoms. The van der Waals surface area contributed by atoms with Crippen LogP contribution in [0.25, 0.3) is 0 Å². The van der Waals surface area contributed by atoms with Crippen molar-refractivity contribution in [3.8, 4) is 11.5 Å². The Hall–Kier alpha value is -2.64. The van der Waals surface area contributed by atoms with Gasteiger partial charge in [0.05, 0.1) is 13.2 Å². The van der Waals surface area contributed by atoms with Gasteiger partial charge in [0.15, 0.2) is 0 Å². The number of hydrogen-bond acceptors (Lipinski definition) is 6. The molecule has 2 aliphatic rings. The van der Waals surface area contributed by atoms with E-state index in [0.717, 1.165) is 18.4 Å². The van der Waals surface area contributed by atoms with Gasteiger partial charge in [-0.3, -0.25) is 0 Å². The number of hydrogen-bond donors (Lipinski definition) is 1. The van der Waals surface area contributed by atoms with Gasteiger partial charge in [0, 0.05) is 29.2 Å². The van der Waals surface area contributed by atoms with Crippen molar-refractivity contribution in [1.82, 2.24) is 4.90 Å². The van der Waals surface area contributed by atoms with Gasteiger partial charge in [-0.15, -0.1) is 0 Å². The number of fused-ring (bicyclic) bond motifs is 1. The maximum Gasteiger partial charge on any atom is 0.410 e. The lowest BCUT2D eigenvalue weighted by Gasteiger charge is -2.20. The molecule has 0 bridgehead atoms. The van der Waals surface area contributed by atoms with Crippen LogP contribution in [0.2, 0.25) is 10.0 Å². The van der Waals surface area contributed by atoms with Gasteiger partial charge in [0.1, 0.15) is 23.7 Å². The van der Waals surface area contributed by atoms with Gasteiger partial charge >= 0.3 is 12.1 Å². The molecule has 1 N–H and O–H groups in total. The van der Waals surface area contributed by atoms with Gasteiger partial charge in [-0.2, -0.15) is 0 Å². The van der Waals surface area contributed by atoms with Crippen LogP contribution in [-0.4, -0.2) is 48.4 Å². The smallest absolute Gasteiger partial charge is 0.410 e. The Morgan fingerprint density at radius 3 is 2.31 bits per heavy atom. The highest BCUT2D eigenvalue weighted by molar-refractivity contribution is 6.34. The SMILES string of the molecule is COC(=O)c1ccc(O[C@@H]2C[C@@H]3CN(C(=O)OCc4cc(Cl)cc(Cl)c4)C[C@@H]3C2)cc1O. The number of carbonyl (C=O) groups is 2. The molecule has 4 rings (SSSR count). The summed E-state index contributed by atoms with van der Waals surface area (Å²) < 4.78 is 16.1. The van der Waals surface area contributed by atoms with Gasteiger partial charge in [-0.1, -0.05) is 23.2 Å². The molecule has 1 heterocycles. The summed E-state index contributed by atoms with van der Waals surface area (Å²) in [4.78, 5) is 25.8. The fraction of sp³-hybridized carbons (Fsp3) is 0.391. The van der Waals surface area contributed by atoms with E-state index in [2.05, 4.69) is 4.74 Å².